The van der Waals surface area contributed by atoms with Gasteiger partial charge in [0.05, 0.1) is 10.6 Å². The molecule has 2 aromatic rings. The normalized spacial score (nSPS) is 10.2. The van der Waals surface area contributed by atoms with E-state index in [2.05, 4.69) is 21.2 Å². The predicted molar refractivity (Wildman–Crippen MR) is 81.6 cm³/mol. The molecule has 1 amide bonds. The van der Waals surface area contributed by atoms with Gasteiger partial charge in [0.1, 0.15) is 5.75 Å². The molecule has 0 bridgehead atoms. The highest BCUT2D eigenvalue weighted by molar-refractivity contribution is 9.10. The first-order valence-electron chi connectivity index (χ1n) is 5.94. The predicted octanol–water partition coefficient (Wildman–Crippen LogP) is 3.62. The number of rotatable bonds is 3. The van der Waals surface area contributed by atoms with Crippen LogP contribution in [0.3, 0.4) is 0 Å². The van der Waals surface area contributed by atoms with Gasteiger partial charge < -0.3 is 10.4 Å². The second kappa shape index (κ2) is 5.92. The van der Waals surface area contributed by atoms with Gasteiger partial charge in [-0.2, -0.15) is 0 Å². The number of hydrogen-bond acceptors (Lipinski definition) is 4. The van der Waals surface area contributed by atoms with Gasteiger partial charge in [0.25, 0.3) is 11.6 Å². The Labute approximate surface area is 128 Å². The van der Waals surface area contributed by atoms with Crippen molar-refractivity contribution in [2.24, 2.45) is 0 Å². The molecule has 0 atom stereocenters. The second-order valence-electron chi connectivity index (χ2n) is 4.33. The average molecular weight is 351 g/mol. The van der Waals surface area contributed by atoms with Gasteiger partial charge >= 0.3 is 0 Å². The molecule has 0 aliphatic heterocycles. The van der Waals surface area contributed by atoms with Crippen molar-refractivity contribution < 1.29 is 14.8 Å². The molecule has 0 fully saturated rings. The van der Waals surface area contributed by atoms with Crippen LogP contribution in [0.25, 0.3) is 0 Å². The molecule has 0 aliphatic rings. The number of nitro benzene ring substituents is 1. The molecule has 6 nitrogen and oxygen atoms in total. The van der Waals surface area contributed by atoms with Crippen LogP contribution in [0.4, 0.5) is 11.4 Å². The van der Waals surface area contributed by atoms with Crippen LogP contribution in [-0.4, -0.2) is 15.9 Å². The van der Waals surface area contributed by atoms with Crippen molar-refractivity contribution in [2.75, 3.05) is 5.32 Å². The Kier molecular flexibility index (Phi) is 4.23. The minimum atomic E-state index is -0.598. The van der Waals surface area contributed by atoms with Gasteiger partial charge in [-0.1, -0.05) is 22.0 Å². The van der Waals surface area contributed by atoms with E-state index in [9.17, 15) is 20.0 Å². The lowest BCUT2D eigenvalue weighted by atomic mass is 10.1. The summed E-state index contributed by atoms with van der Waals surface area (Å²) in [7, 11) is 0. The number of benzene rings is 2. The fraction of sp³-hybridized carbons (Fsp3) is 0.0714. The van der Waals surface area contributed by atoms with Crippen LogP contribution in [-0.2, 0) is 0 Å². The Morgan fingerprint density at radius 2 is 2.05 bits per heavy atom. The molecule has 2 aromatic carbocycles. The van der Waals surface area contributed by atoms with Gasteiger partial charge in [-0.05, 0) is 30.7 Å². The number of carbonyl (C=O) groups is 1. The molecule has 0 saturated carbocycles. The maximum absolute atomic E-state index is 12.2. The molecular weight excluding hydrogens is 340 g/mol. The summed E-state index contributed by atoms with van der Waals surface area (Å²) >= 11 is 3.33. The molecule has 2 rings (SSSR count). The fourth-order valence-corrected chi connectivity index (χ4v) is 2.15. The van der Waals surface area contributed by atoms with Crippen LogP contribution < -0.4 is 5.32 Å². The van der Waals surface area contributed by atoms with E-state index in [4.69, 9.17) is 0 Å². The first kappa shape index (κ1) is 15.0. The number of amides is 1. The number of halogens is 1. The van der Waals surface area contributed by atoms with Crippen molar-refractivity contribution in [3.05, 3.63) is 62.1 Å². The molecule has 0 unspecified atom stereocenters. The van der Waals surface area contributed by atoms with Crippen LogP contribution in [0.15, 0.2) is 40.9 Å². The van der Waals surface area contributed by atoms with Crippen LogP contribution in [0.5, 0.6) is 5.75 Å². The lowest BCUT2D eigenvalue weighted by molar-refractivity contribution is -0.384. The van der Waals surface area contributed by atoms with E-state index >= 15 is 0 Å². The van der Waals surface area contributed by atoms with Crippen LogP contribution in [0.1, 0.15) is 15.9 Å². The number of nitrogens with zero attached hydrogens (tertiary/aromatic N) is 1. The second-order valence-corrected chi connectivity index (χ2v) is 5.18. The topological polar surface area (TPSA) is 92.5 Å². The Balaban J connectivity index is 2.33. The maximum Gasteiger partial charge on any atom is 0.271 e. The monoisotopic (exact) mass is 350 g/mol. The Bertz CT molecular complexity index is 731. The van der Waals surface area contributed by atoms with Crippen molar-refractivity contribution in [3.8, 4) is 5.75 Å². The molecule has 7 heteroatoms. The minimum absolute atomic E-state index is 0.00595. The molecule has 0 aliphatic carbocycles. The van der Waals surface area contributed by atoms with E-state index in [0.717, 1.165) is 22.2 Å². The summed E-state index contributed by atoms with van der Waals surface area (Å²) in [4.78, 5) is 22.3. The smallest absolute Gasteiger partial charge is 0.271 e. The summed E-state index contributed by atoms with van der Waals surface area (Å²) in [5.41, 5.74) is 0.929. The van der Waals surface area contributed by atoms with Crippen LogP contribution in [0.2, 0.25) is 0 Å². The maximum atomic E-state index is 12.2. The van der Waals surface area contributed by atoms with E-state index < -0.39 is 10.8 Å². The molecule has 0 radical (unpaired) electrons. The molecular formula is C14H11BrN2O4. The number of anilines is 1. The van der Waals surface area contributed by atoms with Gasteiger partial charge in [-0.25, -0.2) is 0 Å². The lowest BCUT2D eigenvalue weighted by Crippen LogP contribution is -2.13. The number of aromatic hydroxyl groups is 1. The quantitative estimate of drug-likeness (QED) is 0.502. The highest BCUT2D eigenvalue weighted by atomic mass is 79.9. The van der Waals surface area contributed by atoms with Crippen molar-refractivity contribution >= 4 is 33.2 Å². The number of nitro groups is 1. The summed E-state index contributed by atoms with van der Waals surface area (Å²) in [6, 6.07) is 8.58. The third-order valence-electron chi connectivity index (χ3n) is 2.95. The van der Waals surface area contributed by atoms with Crippen molar-refractivity contribution in [2.45, 2.75) is 6.92 Å². The molecule has 0 aromatic heterocycles. The lowest BCUT2D eigenvalue weighted by Gasteiger charge is -2.10. The number of phenolic OH excluding ortho intramolecular Hbond substituents is 1. The van der Waals surface area contributed by atoms with E-state index in [1.807, 2.05) is 0 Å². The van der Waals surface area contributed by atoms with Gasteiger partial charge in [0, 0.05) is 22.2 Å². The summed E-state index contributed by atoms with van der Waals surface area (Å²) in [6.07, 6.45) is 0. The van der Waals surface area contributed by atoms with Crippen molar-refractivity contribution in [1.29, 1.82) is 0 Å². The first-order chi connectivity index (χ1) is 9.90. The summed E-state index contributed by atoms with van der Waals surface area (Å²) < 4.78 is 0.776. The van der Waals surface area contributed by atoms with Gasteiger partial charge in [0.15, 0.2) is 0 Å². The highest BCUT2D eigenvalue weighted by Crippen LogP contribution is 2.29. The zero-order valence-corrected chi connectivity index (χ0v) is 12.5. The number of carbonyl (C=O) groups excluding carboxylic acids is 1. The number of nitrogens with one attached hydrogen (secondary N) is 1. The summed E-state index contributed by atoms with van der Waals surface area (Å²) in [5, 5.41) is 22.9. The van der Waals surface area contributed by atoms with Crippen LogP contribution in [0, 0.1) is 17.0 Å². The molecule has 21 heavy (non-hydrogen) atoms. The van der Waals surface area contributed by atoms with E-state index in [1.165, 1.54) is 6.07 Å². The zero-order chi connectivity index (χ0) is 15.6. The number of hydrogen-bond donors (Lipinski definition) is 2. The SMILES string of the molecule is Cc1c(Br)cccc1C(=O)Nc1cc([N+](=O)[O-])ccc1O. The molecule has 0 heterocycles. The van der Waals surface area contributed by atoms with Crippen LogP contribution >= 0.6 is 15.9 Å². The van der Waals surface area contributed by atoms with E-state index in [0.29, 0.717) is 5.56 Å². The Morgan fingerprint density at radius 3 is 2.71 bits per heavy atom. The molecule has 0 spiro atoms. The average Bonchev–Trinajstić information content (AvgIpc) is 2.43. The summed E-state index contributed by atoms with van der Waals surface area (Å²) in [6.45, 7) is 1.77. The van der Waals surface area contributed by atoms with Gasteiger partial charge in [0.2, 0.25) is 0 Å². The molecule has 2 N–H and O–H groups in total. The molecule has 108 valence electrons. The summed E-state index contributed by atoms with van der Waals surface area (Å²) in [5.74, 6) is -0.689. The van der Waals surface area contributed by atoms with E-state index in [1.54, 1.807) is 25.1 Å². The van der Waals surface area contributed by atoms with Gasteiger partial charge in [-0.3, -0.25) is 14.9 Å². The van der Waals surface area contributed by atoms with E-state index in [-0.39, 0.29) is 17.1 Å². The third-order valence-corrected chi connectivity index (χ3v) is 3.81. The first-order valence-corrected chi connectivity index (χ1v) is 6.73. The van der Waals surface area contributed by atoms with Crippen molar-refractivity contribution in [3.63, 3.8) is 0 Å². The number of phenols is 1. The standard InChI is InChI=1S/C14H11BrN2O4/c1-8-10(3-2-4-11(8)15)14(19)16-12-7-9(17(20)21)5-6-13(12)18/h2-7,18H,1H3,(H,16,19). The largest absolute Gasteiger partial charge is 0.506 e. The van der Waals surface area contributed by atoms with Gasteiger partial charge in [-0.15, -0.1) is 0 Å². The fourth-order valence-electron chi connectivity index (χ4n) is 1.78. The highest BCUT2D eigenvalue weighted by Gasteiger charge is 2.15. The Hall–Kier alpha value is -2.41. The number of non-ortho nitro benzene ring substituents is 1. The zero-order valence-electron chi connectivity index (χ0n) is 11.0. The van der Waals surface area contributed by atoms with Crippen molar-refractivity contribution in [1.82, 2.24) is 0 Å². The Morgan fingerprint density at radius 1 is 1.33 bits per heavy atom. The molecule has 0 saturated heterocycles. The minimum Gasteiger partial charge on any atom is -0.506 e. The third kappa shape index (κ3) is 3.19.